The molecule has 1 atom stereocenters. The molecular weight excluding hydrogens is 236 g/mol. The van der Waals surface area contributed by atoms with Gasteiger partial charge in [0, 0.05) is 13.0 Å². The molecular formula is C16H14N2O. The van der Waals surface area contributed by atoms with Gasteiger partial charge >= 0.3 is 0 Å². The van der Waals surface area contributed by atoms with E-state index >= 15 is 0 Å². The average Bonchev–Trinajstić information content (AvgIpc) is 2.46. The summed E-state index contributed by atoms with van der Waals surface area (Å²) in [7, 11) is 0. The second-order valence-electron chi connectivity index (χ2n) is 5.11. The Morgan fingerprint density at radius 2 is 1.74 bits per heavy atom. The lowest BCUT2D eigenvalue weighted by Crippen LogP contribution is -2.55. The zero-order valence-electron chi connectivity index (χ0n) is 10.5. The summed E-state index contributed by atoms with van der Waals surface area (Å²) in [6.45, 7) is 0.859. The molecule has 19 heavy (non-hydrogen) atoms. The standard InChI is InChI=1S/C16H14N2O/c19-16-13-7-3-4-8-14(13)18-10-12-6-2-1-5-11(12)9-15(18)17-16/h1-8,15H,9-10H2,(H,17,19)/t15-/m0/s1. The van der Waals surface area contributed by atoms with Crippen LogP contribution < -0.4 is 10.2 Å². The Bertz CT molecular complexity index is 665. The van der Waals surface area contributed by atoms with E-state index in [0.717, 1.165) is 24.2 Å². The Hall–Kier alpha value is -2.29. The van der Waals surface area contributed by atoms with Crippen LogP contribution in [0.5, 0.6) is 0 Å². The monoisotopic (exact) mass is 250 g/mol. The molecule has 0 saturated carbocycles. The van der Waals surface area contributed by atoms with Crippen LogP contribution in [0.15, 0.2) is 48.5 Å². The molecule has 0 bridgehead atoms. The quantitative estimate of drug-likeness (QED) is 0.778. The largest absolute Gasteiger partial charge is 0.346 e. The highest BCUT2D eigenvalue weighted by Crippen LogP contribution is 2.32. The number of hydrogen-bond acceptors (Lipinski definition) is 2. The first kappa shape index (κ1) is 10.6. The van der Waals surface area contributed by atoms with Gasteiger partial charge in [-0.15, -0.1) is 0 Å². The third kappa shape index (κ3) is 1.55. The summed E-state index contributed by atoms with van der Waals surface area (Å²) in [6.07, 6.45) is 0.952. The van der Waals surface area contributed by atoms with Gasteiger partial charge in [-0.3, -0.25) is 4.79 Å². The topological polar surface area (TPSA) is 32.3 Å². The Morgan fingerprint density at radius 1 is 1.00 bits per heavy atom. The molecule has 2 aromatic carbocycles. The second-order valence-corrected chi connectivity index (χ2v) is 5.11. The fraction of sp³-hybridized carbons (Fsp3) is 0.188. The molecule has 2 aliphatic heterocycles. The van der Waals surface area contributed by atoms with Crippen LogP contribution in [-0.4, -0.2) is 12.1 Å². The van der Waals surface area contributed by atoms with Crippen molar-refractivity contribution in [1.29, 1.82) is 0 Å². The van der Waals surface area contributed by atoms with Crippen molar-refractivity contribution in [2.45, 2.75) is 19.1 Å². The van der Waals surface area contributed by atoms with E-state index in [2.05, 4.69) is 34.5 Å². The van der Waals surface area contributed by atoms with Gasteiger partial charge in [0.15, 0.2) is 0 Å². The van der Waals surface area contributed by atoms with E-state index < -0.39 is 0 Å². The van der Waals surface area contributed by atoms with Gasteiger partial charge in [0.25, 0.3) is 5.91 Å². The Labute approximate surface area is 111 Å². The highest BCUT2D eigenvalue weighted by Gasteiger charge is 2.33. The van der Waals surface area contributed by atoms with Crippen LogP contribution in [0.2, 0.25) is 0 Å². The highest BCUT2D eigenvalue weighted by atomic mass is 16.2. The number of benzene rings is 2. The van der Waals surface area contributed by atoms with Crippen molar-refractivity contribution in [1.82, 2.24) is 5.32 Å². The lowest BCUT2D eigenvalue weighted by atomic mass is 9.94. The molecule has 2 aliphatic rings. The lowest BCUT2D eigenvalue weighted by Gasteiger charge is -2.42. The van der Waals surface area contributed by atoms with Crippen LogP contribution in [0.4, 0.5) is 5.69 Å². The number of amides is 1. The molecule has 2 heterocycles. The number of rotatable bonds is 0. The maximum atomic E-state index is 12.1. The molecule has 0 spiro atoms. The van der Waals surface area contributed by atoms with Crippen molar-refractivity contribution >= 4 is 11.6 Å². The molecule has 0 unspecified atom stereocenters. The number of nitrogens with zero attached hydrogens (tertiary/aromatic N) is 1. The van der Waals surface area contributed by atoms with Gasteiger partial charge in [0.1, 0.15) is 6.17 Å². The maximum Gasteiger partial charge on any atom is 0.254 e. The second kappa shape index (κ2) is 3.85. The first-order valence-corrected chi connectivity index (χ1v) is 6.56. The van der Waals surface area contributed by atoms with Crippen LogP contribution in [0, 0.1) is 0 Å². The minimum absolute atomic E-state index is 0.0382. The molecule has 3 nitrogen and oxygen atoms in total. The van der Waals surface area contributed by atoms with E-state index in [1.807, 2.05) is 24.3 Å². The summed E-state index contributed by atoms with van der Waals surface area (Å²) in [5, 5.41) is 3.10. The van der Waals surface area contributed by atoms with Gasteiger partial charge in [-0.1, -0.05) is 36.4 Å². The van der Waals surface area contributed by atoms with Crippen molar-refractivity contribution in [3.8, 4) is 0 Å². The lowest BCUT2D eigenvalue weighted by molar-refractivity contribution is 0.0924. The number of anilines is 1. The summed E-state index contributed by atoms with van der Waals surface area (Å²) < 4.78 is 0. The SMILES string of the molecule is O=C1N[C@@H]2Cc3ccccc3CN2c2ccccc21. The zero-order valence-corrected chi connectivity index (χ0v) is 10.5. The molecule has 0 aromatic heterocycles. The number of fused-ring (bicyclic) bond motifs is 4. The average molecular weight is 250 g/mol. The fourth-order valence-electron chi connectivity index (χ4n) is 3.05. The third-order valence-corrected chi connectivity index (χ3v) is 4.00. The molecule has 0 radical (unpaired) electrons. The molecule has 4 rings (SSSR count). The Balaban J connectivity index is 1.83. The van der Waals surface area contributed by atoms with Crippen molar-refractivity contribution in [2.75, 3.05) is 4.90 Å². The molecule has 0 aliphatic carbocycles. The molecule has 0 saturated heterocycles. The normalized spacial score (nSPS) is 20.1. The van der Waals surface area contributed by atoms with Gasteiger partial charge in [-0.25, -0.2) is 0 Å². The number of carbonyl (C=O) groups excluding carboxylic acids is 1. The van der Waals surface area contributed by atoms with Crippen molar-refractivity contribution in [2.24, 2.45) is 0 Å². The van der Waals surface area contributed by atoms with Crippen molar-refractivity contribution in [3.63, 3.8) is 0 Å². The summed E-state index contributed by atoms with van der Waals surface area (Å²) in [6, 6.07) is 16.3. The van der Waals surface area contributed by atoms with Crippen LogP contribution in [0.3, 0.4) is 0 Å². The first-order chi connectivity index (χ1) is 9.33. The van der Waals surface area contributed by atoms with E-state index in [4.69, 9.17) is 0 Å². The van der Waals surface area contributed by atoms with Crippen molar-refractivity contribution in [3.05, 3.63) is 65.2 Å². The maximum absolute atomic E-state index is 12.1. The first-order valence-electron chi connectivity index (χ1n) is 6.56. The van der Waals surface area contributed by atoms with Crippen LogP contribution in [0.1, 0.15) is 21.5 Å². The molecule has 1 N–H and O–H groups in total. The minimum atomic E-state index is 0.0382. The third-order valence-electron chi connectivity index (χ3n) is 4.00. The molecule has 2 aromatic rings. The predicted octanol–water partition coefficient (Wildman–Crippen LogP) is 2.32. The summed E-state index contributed by atoms with van der Waals surface area (Å²) in [4.78, 5) is 14.4. The van der Waals surface area contributed by atoms with Crippen LogP contribution in [0.25, 0.3) is 0 Å². The van der Waals surface area contributed by atoms with Gasteiger partial charge in [0.05, 0.1) is 11.3 Å². The van der Waals surface area contributed by atoms with Gasteiger partial charge in [-0.05, 0) is 23.3 Å². The van der Waals surface area contributed by atoms with Crippen LogP contribution in [-0.2, 0) is 13.0 Å². The number of carbonyl (C=O) groups is 1. The smallest absolute Gasteiger partial charge is 0.254 e. The minimum Gasteiger partial charge on any atom is -0.346 e. The highest BCUT2D eigenvalue weighted by molar-refractivity contribution is 6.02. The number of para-hydroxylation sites is 1. The van der Waals surface area contributed by atoms with E-state index in [9.17, 15) is 4.79 Å². The van der Waals surface area contributed by atoms with E-state index in [1.54, 1.807) is 0 Å². The number of hydrogen-bond donors (Lipinski definition) is 1. The number of nitrogens with one attached hydrogen (secondary N) is 1. The molecule has 0 fully saturated rings. The van der Waals surface area contributed by atoms with E-state index in [-0.39, 0.29) is 12.1 Å². The Kier molecular flexibility index (Phi) is 2.15. The van der Waals surface area contributed by atoms with Crippen molar-refractivity contribution < 1.29 is 4.79 Å². The zero-order chi connectivity index (χ0) is 12.8. The summed E-state index contributed by atoms with van der Waals surface area (Å²) in [5.74, 6) is 0.0382. The molecule has 94 valence electrons. The predicted molar refractivity (Wildman–Crippen MR) is 74.0 cm³/mol. The fourth-order valence-corrected chi connectivity index (χ4v) is 3.05. The van der Waals surface area contributed by atoms with E-state index in [0.29, 0.717) is 0 Å². The summed E-state index contributed by atoms with van der Waals surface area (Å²) >= 11 is 0. The Morgan fingerprint density at radius 3 is 2.63 bits per heavy atom. The van der Waals surface area contributed by atoms with Gasteiger partial charge in [-0.2, -0.15) is 0 Å². The van der Waals surface area contributed by atoms with Gasteiger partial charge in [0.2, 0.25) is 0 Å². The molecule has 1 amide bonds. The van der Waals surface area contributed by atoms with Gasteiger partial charge < -0.3 is 10.2 Å². The van der Waals surface area contributed by atoms with Crippen LogP contribution >= 0.6 is 0 Å². The summed E-state index contributed by atoms with van der Waals surface area (Å²) in [5.41, 5.74) is 4.51. The molecule has 3 heteroatoms. The van der Waals surface area contributed by atoms with E-state index in [1.165, 1.54) is 11.1 Å².